The van der Waals surface area contributed by atoms with Crippen molar-refractivity contribution in [2.45, 2.75) is 12.1 Å². The molecule has 1 heterocycles. The summed E-state index contributed by atoms with van der Waals surface area (Å²) in [4.78, 5) is 39.5. The van der Waals surface area contributed by atoms with Crippen LogP contribution in [0.2, 0.25) is 0 Å². The van der Waals surface area contributed by atoms with Gasteiger partial charge in [-0.1, -0.05) is 36.4 Å². The van der Waals surface area contributed by atoms with Gasteiger partial charge in [-0.15, -0.1) is 0 Å². The molecule has 1 fully saturated rings. The van der Waals surface area contributed by atoms with Crippen molar-refractivity contribution in [2.24, 2.45) is 0 Å². The maximum atomic E-state index is 12.9. The van der Waals surface area contributed by atoms with E-state index in [-0.39, 0.29) is 0 Å². The fourth-order valence-corrected chi connectivity index (χ4v) is 2.78. The number of urea groups is 1. The zero-order chi connectivity index (χ0) is 17.1. The Morgan fingerprint density at radius 1 is 0.958 bits per heavy atom. The fourth-order valence-electron chi connectivity index (χ4n) is 2.78. The number of rotatable bonds is 5. The Labute approximate surface area is 139 Å². The Kier molecular flexibility index (Phi) is 4.39. The lowest BCUT2D eigenvalue weighted by atomic mass is 10.1. The predicted molar refractivity (Wildman–Crippen MR) is 88.9 cm³/mol. The number of carbonyl (C=O) groups excluding carboxylic acids is 3. The van der Waals surface area contributed by atoms with E-state index in [2.05, 4.69) is 0 Å². The maximum Gasteiger partial charge on any atom is 0.336 e. The summed E-state index contributed by atoms with van der Waals surface area (Å²) in [6, 6.07) is 15.8. The summed E-state index contributed by atoms with van der Waals surface area (Å²) >= 11 is 0. The molecular formula is C18H16N2O4. The lowest BCUT2D eigenvalue weighted by Crippen LogP contribution is -2.46. The molecule has 2 aromatic rings. The van der Waals surface area contributed by atoms with Crippen molar-refractivity contribution >= 4 is 29.6 Å². The minimum atomic E-state index is -1.05. The van der Waals surface area contributed by atoms with Gasteiger partial charge in [-0.3, -0.25) is 9.69 Å². The van der Waals surface area contributed by atoms with E-state index in [1.54, 1.807) is 54.6 Å². The van der Waals surface area contributed by atoms with Crippen molar-refractivity contribution in [3.63, 3.8) is 0 Å². The lowest BCUT2D eigenvalue weighted by molar-refractivity contribution is -0.126. The molecule has 1 aliphatic heterocycles. The van der Waals surface area contributed by atoms with Gasteiger partial charge >= 0.3 is 6.03 Å². The van der Waals surface area contributed by atoms with E-state index in [0.717, 1.165) is 4.90 Å². The predicted octanol–water partition coefficient (Wildman–Crippen LogP) is 2.24. The highest BCUT2D eigenvalue weighted by Crippen LogP contribution is 2.31. The average Bonchev–Trinajstić information content (AvgIpc) is 2.88. The van der Waals surface area contributed by atoms with E-state index in [4.69, 9.17) is 4.74 Å². The van der Waals surface area contributed by atoms with Gasteiger partial charge < -0.3 is 9.53 Å². The third-order valence-electron chi connectivity index (χ3n) is 3.92. The van der Waals surface area contributed by atoms with Gasteiger partial charge in [0.2, 0.25) is 0 Å². The van der Waals surface area contributed by atoms with Gasteiger partial charge in [-0.25, -0.2) is 9.69 Å². The van der Waals surface area contributed by atoms with E-state index in [1.807, 2.05) is 6.07 Å². The van der Waals surface area contributed by atoms with Crippen LogP contribution in [0, 0.1) is 0 Å². The summed E-state index contributed by atoms with van der Waals surface area (Å²) in [5.41, 5.74) is 0.986. The summed E-state index contributed by atoms with van der Waals surface area (Å²) in [6.07, 6.45) is -0.504. The van der Waals surface area contributed by atoms with Crippen LogP contribution >= 0.6 is 0 Å². The topological polar surface area (TPSA) is 66.9 Å². The number of ether oxygens (including phenoxy) is 1. The lowest BCUT2D eigenvalue weighted by Gasteiger charge is -2.24. The Hall–Kier alpha value is -2.99. The summed E-state index contributed by atoms with van der Waals surface area (Å²) in [5, 5.41) is 0. The SMILES string of the molecule is COC(C=O)C1C(=O)N(c2ccccc2)C(=O)N1c1ccccc1. The molecule has 2 aromatic carbocycles. The quantitative estimate of drug-likeness (QED) is 0.625. The summed E-state index contributed by atoms with van der Waals surface area (Å²) in [7, 11) is 1.34. The number of amides is 3. The third-order valence-corrected chi connectivity index (χ3v) is 3.92. The molecule has 0 saturated carbocycles. The van der Waals surface area contributed by atoms with E-state index in [1.165, 1.54) is 12.0 Å². The number of para-hydroxylation sites is 2. The molecule has 2 unspecified atom stereocenters. The highest BCUT2D eigenvalue weighted by molar-refractivity contribution is 6.29. The molecule has 6 heteroatoms. The van der Waals surface area contributed by atoms with Crippen LogP contribution in [0.3, 0.4) is 0 Å². The molecule has 0 radical (unpaired) electrons. The van der Waals surface area contributed by atoms with Crippen LogP contribution in [0.5, 0.6) is 0 Å². The zero-order valence-electron chi connectivity index (χ0n) is 13.0. The highest BCUT2D eigenvalue weighted by atomic mass is 16.5. The van der Waals surface area contributed by atoms with Gasteiger partial charge in [0.1, 0.15) is 6.10 Å². The van der Waals surface area contributed by atoms with Crippen molar-refractivity contribution in [3.05, 3.63) is 60.7 Å². The van der Waals surface area contributed by atoms with Crippen LogP contribution in [0.25, 0.3) is 0 Å². The van der Waals surface area contributed by atoms with Crippen LogP contribution in [-0.4, -0.2) is 37.5 Å². The molecule has 0 spiro atoms. The molecular weight excluding hydrogens is 308 g/mol. The van der Waals surface area contributed by atoms with Crippen LogP contribution in [0.15, 0.2) is 60.7 Å². The van der Waals surface area contributed by atoms with Gasteiger partial charge in [0.05, 0.1) is 5.69 Å². The number of hydrogen-bond acceptors (Lipinski definition) is 4. The van der Waals surface area contributed by atoms with Gasteiger partial charge in [0, 0.05) is 12.8 Å². The van der Waals surface area contributed by atoms with E-state index in [9.17, 15) is 14.4 Å². The molecule has 6 nitrogen and oxygen atoms in total. The molecule has 3 rings (SSSR count). The molecule has 122 valence electrons. The molecule has 3 amide bonds. The largest absolute Gasteiger partial charge is 0.371 e. The number of hydrogen-bond donors (Lipinski definition) is 0. The Morgan fingerprint density at radius 3 is 2.00 bits per heavy atom. The first kappa shape index (κ1) is 15.9. The van der Waals surface area contributed by atoms with Crippen molar-refractivity contribution in [2.75, 3.05) is 16.9 Å². The van der Waals surface area contributed by atoms with Gasteiger partial charge in [0.25, 0.3) is 5.91 Å². The molecule has 1 saturated heterocycles. The zero-order valence-corrected chi connectivity index (χ0v) is 13.0. The molecule has 0 aliphatic carbocycles. The van der Waals surface area contributed by atoms with Gasteiger partial charge in [-0.2, -0.15) is 0 Å². The summed E-state index contributed by atoms with van der Waals surface area (Å²) in [6.45, 7) is 0. The monoisotopic (exact) mass is 324 g/mol. The number of carbonyl (C=O) groups is 3. The molecule has 0 aromatic heterocycles. The number of benzene rings is 2. The van der Waals surface area contributed by atoms with Crippen LogP contribution in [0.1, 0.15) is 0 Å². The van der Waals surface area contributed by atoms with Gasteiger partial charge in [0.15, 0.2) is 12.3 Å². The smallest absolute Gasteiger partial charge is 0.336 e. The Morgan fingerprint density at radius 2 is 1.50 bits per heavy atom. The second kappa shape index (κ2) is 6.64. The first-order valence-electron chi connectivity index (χ1n) is 7.44. The maximum absolute atomic E-state index is 12.9. The van der Waals surface area contributed by atoms with E-state index < -0.39 is 24.1 Å². The number of anilines is 2. The molecule has 2 atom stereocenters. The highest BCUT2D eigenvalue weighted by Gasteiger charge is 2.50. The fraction of sp³-hybridized carbons (Fsp3) is 0.167. The van der Waals surface area contributed by atoms with Crippen molar-refractivity contribution in [1.29, 1.82) is 0 Å². The standard InChI is InChI=1S/C18H16N2O4/c1-24-15(12-21)16-17(22)20(14-10-6-3-7-11-14)18(23)19(16)13-8-4-2-5-9-13/h2-12,15-16H,1H3. The summed E-state index contributed by atoms with van der Waals surface area (Å²) < 4.78 is 5.13. The number of nitrogens with zero attached hydrogens (tertiary/aromatic N) is 2. The molecule has 0 N–H and O–H groups in total. The van der Waals surface area contributed by atoms with Gasteiger partial charge in [-0.05, 0) is 24.3 Å². The van der Waals surface area contributed by atoms with Crippen LogP contribution < -0.4 is 9.80 Å². The molecule has 24 heavy (non-hydrogen) atoms. The first-order chi connectivity index (χ1) is 11.7. The minimum absolute atomic E-state index is 0.455. The van der Waals surface area contributed by atoms with Crippen LogP contribution in [0.4, 0.5) is 16.2 Å². The van der Waals surface area contributed by atoms with Crippen molar-refractivity contribution < 1.29 is 19.1 Å². The molecule has 1 aliphatic rings. The Bertz CT molecular complexity index is 748. The first-order valence-corrected chi connectivity index (χ1v) is 7.44. The van der Waals surface area contributed by atoms with Crippen molar-refractivity contribution in [1.82, 2.24) is 0 Å². The minimum Gasteiger partial charge on any atom is -0.371 e. The number of methoxy groups -OCH3 is 1. The van der Waals surface area contributed by atoms with Crippen molar-refractivity contribution in [3.8, 4) is 0 Å². The number of imide groups is 1. The van der Waals surface area contributed by atoms with Crippen LogP contribution in [-0.2, 0) is 14.3 Å². The second-order valence-corrected chi connectivity index (χ2v) is 5.28. The summed E-state index contributed by atoms with van der Waals surface area (Å²) in [5.74, 6) is -0.492. The second-order valence-electron chi connectivity index (χ2n) is 5.28. The third kappa shape index (κ3) is 2.57. The number of aldehydes is 1. The van der Waals surface area contributed by atoms with E-state index >= 15 is 0 Å². The normalized spacial score (nSPS) is 18.8. The van der Waals surface area contributed by atoms with E-state index in [0.29, 0.717) is 17.7 Å². The molecule has 0 bridgehead atoms. The Balaban J connectivity index is 2.09. The average molecular weight is 324 g/mol.